The highest BCUT2D eigenvalue weighted by atomic mass is 16.2. The van der Waals surface area contributed by atoms with E-state index in [1.807, 2.05) is 34.8 Å². The number of carbonyl (C=O) groups is 1. The van der Waals surface area contributed by atoms with Gasteiger partial charge in [0.1, 0.15) is 11.5 Å². The third kappa shape index (κ3) is 4.19. The second-order valence-electron chi connectivity index (χ2n) is 8.34. The molecule has 162 valence electrons. The zero-order valence-electron chi connectivity index (χ0n) is 18.1. The van der Waals surface area contributed by atoms with Crippen molar-refractivity contribution in [2.45, 2.75) is 45.1 Å². The molecular formula is C25H26N6O. The lowest BCUT2D eigenvalue weighted by Crippen LogP contribution is -2.39. The van der Waals surface area contributed by atoms with Crippen LogP contribution in [0.5, 0.6) is 0 Å². The second kappa shape index (κ2) is 8.78. The maximum Gasteiger partial charge on any atom is 0.320 e. The molecule has 0 bridgehead atoms. The molecular weight excluding hydrogens is 400 g/mol. The van der Waals surface area contributed by atoms with E-state index in [9.17, 15) is 4.79 Å². The Hall–Kier alpha value is -3.74. The molecule has 2 N–H and O–H groups in total. The van der Waals surface area contributed by atoms with E-state index in [2.05, 4.69) is 45.8 Å². The SMILES string of the molecule is Cc1cccc(-c2nc3cccnn3c2-c2ccnc(NC(=O)NC3CCCCC3)c2)c1. The lowest BCUT2D eigenvalue weighted by atomic mass is 9.96. The number of fused-ring (bicyclic) bond motifs is 1. The second-order valence-corrected chi connectivity index (χ2v) is 8.34. The highest BCUT2D eigenvalue weighted by molar-refractivity contribution is 5.90. The number of hydrogen-bond donors (Lipinski definition) is 2. The lowest BCUT2D eigenvalue weighted by Gasteiger charge is -2.22. The normalized spacial score (nSPS) is 14.4. The summed E-state index contributed by atoms with van der Waals surface area (Å²) in [5, 5.41) is 10.5. The molecule has 1 fully saturated rings. The van der Waals surface area contributed by atoms with Crippen molar-refractivity contribution >= 4 is 17.5 Å². The Labute approximate surface area is 186 Å². The molecule has 1 aromatic carbocycles. The number of anilines is 1. The average molecular weight is 427 g/mol. The van der Waals surface area contributed by atoms with Crippen LogP contribution in [0.4, 0.5) is 10.6 Å². The Balaban J connectivity index is 1.49. The van der Waals surface area contributed by atoms with E-state index in [0.29, 0.717) is 5.82 Å². The Morgan fingerprint density at radius 1 is 1.00 bits per heavy atom. The molecule has 0 atom stereocenters. The predicted octanol–water partition coefficient (Wildman–Crippen LogP) is 5.22. The van der Waals surface area contributed by atoms with E-state index in [4.69, 9.17) is 4.98 Å². The summed E-state index contributed by atoms with van der Waals surface area (Å²) >= 11 is 0. The van der Waals surface area contributed by atoms with Crippen molar-refractivity contribution in [2.75, 3.05) is 5.32 Å². The van der Waals surface area contributed by atoms with Crippen LogP contribution in [-0.4, -0.2) is 31.7 Å². The molecule has 32 heavy (non-hydrogen) atoms. The smallest absolute Gasteiger partial charge is 0.320 e. The number of hydrogen-bond acceptors (Lipinski definition) is 4. The molecule has 0 radical (unpaired) electrons. The molecule has 0 saturated heterocycles. The quantitative estimate of drug-likeness (QED) is 0.468. The van der Waals surface area contributed by atoms with Crippen molar-refractivity contribution in [3.63, 3.8) is 0 Å². The molecule has 3 aromatic heterocycles. The first kappa shape index (κ1) is 20.2. The maximum atomic E-state index is 12.5. The van der Waals surface area contributed by atoms with E-state index < -0.39 is 0 Å². The molecule has 1 aliphatic carbocycles. The number of carbonyl (C=O) groups excluding carboxylic acids is 1. The summed E-state index contributed by atoms with van der Waals surface area (Å²) in [5.41, 5.74) is 5.54. The minimum Gasteiger partial charge on any atom is -0.335 e. The number of aryl methyl sites for hydroxylation is 1. The minimum absolute atomic E-state index is 0.211. The minimum atomic E-state index is -0.211. The van der Waals surface area contributed by atoms with E-state index >= 15 is 0 Å². The Morgan fingerprint density at radius 3 is 2.72 bits per heavy atom. The van der Waals surface area contributed by atoms with E-state index in [1.165, 1.54) is 19.3 Å². The topological polar surface area (TPSA) is 84.2 Å². The van der Waals surface area contributed by atoms with E-state index in [-0.39, 0.29) is 12.1 Å². The van der Waals surface area contributed by atoms with Gasteiger partial charge in [-0.3, -0.25) is 5.32 Å². The standard InChI is InChI=1S/C25H26N6O/c1-17-7-5-8-18(15-17)23-24(31-22(30-23)11-6-13-27-31)19-12-14-26-21(16-19)29-25(32)28-20-9-3-2-4-10-20/h5-8,11-16,20H,2-4,9-10H2,1H3,(H2,26,28,29,32). The zero-order valence-corrected chi connectivity index (χ0v) is 18.1. The van der Waals surface area contributed by atoms with Crippen LogP contribution < -0.4 is 10.6 Å². The maximum absolute atomic E-state index is 12.5. The highest BCUT2D eigenvalue weighted by Crippen LogP contribution is 2.33. The summed E-state index contributed by atoms with van der Waals surface area (Å²) in [4.78, 5) is 21.7. The van der Waals surface area contributed by atoms with Gasteiger partial charge in [0.05, 0.1) is 5.69 Å². The van der Waals surface area contributed by atoms with Crippen LogP contribution in [-0.2, 0) is 0 Å². The van der Waals surface area contributed by atoms with Gasteiger partial charge in [-0.25, -0.2) is 19.3 Å². The fraction of sp³-hybridized carbons (Fsp3) is 0.280. The van der Waals surface area contributed by atoms with Gasteiger partial charge in [-0.1, -0.05) is 43.0 Å². The van der Waals surface area contributed by atoms with E-state index in [1.54, 1.807) is 12.4 Å². The van der Waals surface area contributed by atoms with Gasteiger partial charge >= 0.3 is 6.03 Å². The molecule has 5 rings (SSSR count). The fourth-order valence-electron chi connectivity index (χ4n) is 4.37. The largest absolute Gasteiger partial charge is 0.335 e. The Kier molecular flexibility index (Phi) is 5.54. The van der Waals surface area contributed by atoms with Gasteiger partial charge < -0.3 is 5.32 Å². The molecule has 3 heterocycles. The van der Waals surface area contributed by atoms with Crippen molar-refractivity contribution in [1.82, 2.24) is 24.9 Å². The molecule has 4 aromatic rings. The third-order valence-corrected chi connectivity index (χ3v) is 5.90. The van der Waals surface area contributed by atoms with Gasteiger partial charge in [-0.05, 0) is 50.1 Å². The summed E-state index contributed by atoms with van der Waals surface area (Å²) in [6.07, 6.45) is 9.11. The van der Waals surface area contributed by atoms with Crippen molar-refractivity contribution in [3.8, 4) is 22.5 Å². The number of urea groups is 1. The zero-order chi connectivity index (χ0) is 21.9. The average Bonchev–Trinajstić information content (AvgIpc) is 3.19. The Morgan fingerprint density at radius 2 is 1.88 bits per heavy atom. The van der Waals surface area contributed by atoms with Gasteiger partial charge in [-0.15, -0.1) is 0 Å². The molecule has 0 unspecified atom stereocenters. The number of pyridine rings is 1. The first-order valence-electron chi connectivity index (χ1n) is 11.1. The molecule has 7 nitrogen and oxygen atoms in total. The van der Waals surface area contributed by atoms with Crippen molar-refractivity contribution in [1.29, 1.82) is 0 Å². The predicted molar refractivity (Wildman–Crippen MR) is 125 cm³/mol. The third-order valence-electron chi connectivity index (χ3n) is 5.90. The molecule has 0 spiro atoms. The number of aromatic nitrogens is 4. The van der Waals surface area contributed by atoms with Crippen LogP contribution in [0.25, 0.3) is 28.2 Å². The lowest BCUT2D eigenvalue weighted by molar-refractivity contribution is 0.244. The summed E-state index contributed by atoms with van der Waals surface area (Å²) in [6.45, 7) is 2.07. The Bertz CT molecular complexity index is 1260. The van der Waals surface area contributed by atoms with Gasteiger partial charge in [0, 0.05) is 29.6 Å². The van der Waals surface area contributed by atoms with Crippen LogP contribution in [0.2, 0.25) is 0 Å². The summed E-state index contributed by atoms with van der Waals surface area (Å²) in [7, 11) is 0. The van der Waals surface area contributed by atoms with Crippen molar-refractivity contribution < 1.29 is 4.79 Å². The first-order chi connectivity index (χ1) is 15.7. The molecule has 2 amide bonds. The van der Waals surface area contributed by atoms with Gasteiger partial charge in [-0.2, -0.15) is 5.10 Å². The summed E-state index contributed by atoms with van der Waals surface area (Å²) in [5.74, 6) is 0.497. The number of nitrogens with zero attached hydrogens (tertiary/aromatic N) is 4. The van der Waals surface area contributed by atoms with Gasteiger partial charge in [0.25, 0.3) is 0 Å². The van der Waals surface area contributed by atoms with Crippen LogP contribution in [0.15, 0.2) is 60.9 Å². The van der Waals surface area contributed by atoms with Crippen molar-refractivity contribution in [2.24, 2.45) is 0 Å². The first-order valence-corrected chi connectivity index (χ1v) is 11.1. The van der Waals surface area contributed by atoms with E-state index in [0.717, 1.165) is 46.6 Å². The fourth-order valence-corrected chi connectivity index (χ4v) is 4.37. The van der Waals surface area contributed by atoms with Gasteiger partial charge in [0.15, 0.2) is 5.65 Å². The summed E-state index contributed by atoms with van der Waals surface area (Å²) in [6, 6.07) is 15.9. The number of nitrogens with one attached hydrogen (secondary N) is 2. The molecule has 1 saturated carbocycles. The number of imidazole rings is 1. The van der Waals surface area contributed by atoms with Crippen LogP contribution in [0.1, 0.15) is 37.7 Å². The van der Waals surface area contributed by atoms with Crippen LogP contribution >= 0.6 is 0 Å². The van der Waals surface area contributed by atoms with Crippen molar-refractivity contribution in [3.05, 3.63) is 66.5 Å². The summed E-state index contributed by atoms with van der Waals surface area (Å²) < 4.78 is 1.83. The molecule has 7 heteroatoms. The van der Waals surface area contributed by atoms with Crippen LogP contribution in [0, 0.1) is 6.92 Å². The molecule has 0 aliphatic heterocycles. The van der Waals surface area contributed by atoms with Gasteiger partial charge in [0.2, 0.25) is 0 Å². The monoisotopic (exact) mass is 426 g/mol. The highest BCUT2D eigenvalue weighted by Gasteiger charge is 2.19. The molecule has 1 aliphatic rings. The number of benzene rings is 1. The number of amides is 2. The van der Waals surface area contributed by atoms with Crippen LogP contribution in [0.3, 0.4) is 0 Å². The number of rotatable bonds is 4.